The summed E-state index contributed by atoms with van der Waals surface area (Å²) in [5.74, 6) is 0.0972. The van der Waals surface area contributed by atoms with Crippen LogP contribution >= 0.6 is 0 Å². The Morgan fingerprint density at radius 2 is 2.13 bits per heavy atom. The molecule has 0 fully saturated rings. The van der Waals surface area contributed by atoms with Crippen molar-refractivity contribution in [1.82, 2.24) is 0 Å². The van der Waals surface area contributed by atoms with Gasteiger partial charge in [-0.2, -0.15) is 0 Å². The fourth-order valence-corrected chi connectivity index (χ4v) is 1.87. The molecule has 0 bridgehead atoms. The highest BCUT2D eigenvalue weighted by molar-refractivity contribution is 6.05. The number of nitrogen functional groups attached to an aromatic ring is 1. The lowest BCUT2D eigenvalue weighted by molar-refractivity contribution is -0.383. The van der Waals surface area contributed by atoms with Crippen LogP contribution in [-0.2, 0) is 0 Å². The quantitative estimate of drug-likeness (QED) is 0.369. The van der Waals surface area contributed by atoms with Gasteiger partial charge in [-0.1, -0.05) is 18.7 Å². The summed E-state index contributed by atoms with van der Waals surface area (Å²) >= 11 is 0. The minimum Gasteiger partial charge on any atom is -0.489 e. The van der Waals surface area contributed by atoms with E-state index in [-0.39, 0.29) is 16.9 Å². The van der Waals surface area contributed by atoms with Gasteiger partial charge < -0.3 is 15.8 Å². The van der Waals surface area contributed by atoms with Crippen LogP contribution in [0.1, 0.15) is 10.4 Å². The van der Waals surface area contributed by atoms with Crippen LogP contribution in [0.5, 0.6) is 5.75 Å². The number of amides is 1. The summed E-state index contributed by atoms with van der Waals surface area (Å²) in [4.78, 5) is 22.4. The Kier molecular flexibility index (Phi) is 4.93. The van der Waals surface area contributed by atoms with Crippen LogP contribution in [0.4, 0.5) is 17.1 Å². The predicted octanol–water partition coefficient (Wildman–Crippen LogP) is 2.99. The van der Waals surface area contributed by atoms with Gasteiger partial charge in [-0.05, 0) is 24.3 Å². The normalized spacial score (nSPS) is 9.91. The molecule has 23 heavy (non-hydrogen) atoms. The molecule has 1 amide bonds. The summed E-state index contributed by atoms with van der Waals surface area (Å²) in [6.45, 7) is 3.90. The van der Waals surface area contributed by atoms with E-state index in [1.54, 1.807) is 30.3 Å². The van der Waals surface area contributed by atoms with Crippen LogP contribution in [0, 0.1) is 10.1 Å². The van der Waals surface area contributed by atoms with Crippen LogP contribution < -0.4 is 15.8 Å². The molecule has 2 aromatic carbocycles. The van der Waals surface area contributed by atoms with Crippen LogP contribution in [0.2, 0.25) is 0 Å². The van der Waals surface area contributed by atoms with Crippen LogP contribution in [0.15, 0.2) is 55.1 Å². The summed E-state index contributed by atoms with van der Waals surface area (Å²) in [5, 5.41) is 13.5. The molecule has 0 saturated carbocycles. The second-order valence-electron chi connectivity index (χ2n) is 4.61. The molecule has 0 aliphatic rings. The summed E-state index contributed by atoms with van der Waals surface area (Å²) in [6.07, 6.45) is 1.61. The lowest BCUT2D eigenvalue weighted by atomic mass is 10.1. The number of ether oxygens (including phenoxy) is 1. The zero-order valence-electron chi connectivity index (χ0n) is 12.2. The fraction of sp³-hybridized carbons (Fsp3) is 0.0625. The number of nitro benzene ring substituents is 1. The molecule has 0 unspecified atom stereocenters. The molecule has 3 N–H and O–H groups in total. The van der Waals surface area contributed by atoms with Gasteiger partial charge >= 0.3 is 0 Å². The zero-order valence-corrected chi connectivity index (χ0v) is 12.2. The molecule has 2 rings (SSSR count). The first-order valence-electron chi connectivity index (χ1n) is 6.70. The van der Waals surface area contributed by atoms with Gasteiger partial charge in [0.2, 0.25) is 0 Å². The van der Waals surface area contributed by atoms with Crippen molar-refractivity contribution in [2.45, 2.75) is 0 Å². The van der Waals surface area contributed by atoms with Crippen molar-refractivity contribution in [3.8, 4) is 5.75 Å². The monoisotopic (exact) mass is 313 g/mol. The zero-order chi connectivity index (χ0) is 16.8. The van der Waals surface area contributed by atoms with E-state index in [9.17, 15) is 14.9 Å². The van der Waals surface area contributed by atoms with Crippen molar-refractivity contribution in [2.24, 2.45) is 0 Å². The standard InChI is InChI=1S/C16H15N3O4/c1-2-8-23-13-5-3-4-12(10-13)18-16(20)11-6-7-14(17)15(9-11)19(21)22/h2-7,9-10H,1,8,17H2,(H,18,20). The average molecular weight is 313 g/mol. The maximum atomic E-state index is 12.2. The van der Waals surface area contributed by atoms with Crippen molar-refractivity contribution >= 4 is 23.0 Å². The number of nitro groups is 1. The average Bonchev–Trinajstić information content (AvgIpc) is 2.53. The predicted molar refractivity (Wildman–Crippen MR) is 87.6 cm³/mol. The third kappa shape index (κ3) is 4.07. The molecule has 118 valence electrons. The third-order valence-corrected chi connectivity index (χ3v) is 2.95. The van der Waals surface area contributed by atoms with E-state index in [2.05, 4.69) is 11.9 Å². The van der Waals surface area contributed by atoms with E-state index in [1.807, 2.05) is 0 Å². The highest BCUT2D eigenvalue weighted by atomic mass is 16.6. The van der Waals surface area contributed by atoms with Gasteiger partial charge in [0.25, 0.3) is 11.6 Å². The van der Waals surface area contributed by atoms with Crippen LogP contribution in [0.25, 0.3) is 0 Å². The maximum Gasteiger partial charge on any atom is 0.292 e. The van der Waals surface area contributed by atoms with E-state index in [1.165, 1.54) is 12.1 Å². The number of carbonyl (C=O) groups is 1. The fourth-order valence-electron chi connectivity index (χ4n) is 1.87. The molecule has 2 aromatic rings. The van der Waals surface area contributed by atoms with E-state index in [4.69, 9.17) is 10.5 Å². The highest BCUT2D eigenvalue weighted by Gasteiger charge is 2.15. The molecule has 7 nitrogen and oxygen atoms in total. The van der Waals surface area contributed by atoms with Crippen molar-refractivity contribution < 1.29 is 14.5 Å². The molecule has 7 heteroatoms. The van der Waals surface area contributed by atoms with Crippen LogP contribution in [0.3, 0.4) is 0 Å². The molecule has 0 aliphatic heterocycles. The Morgan fingerprint density at radius 1 is 1.35 bits per heavy atom. The van der Waals surface area contributed by atoms with Gasteiger partial charge in [0.15, 0.2) is 0 Å². The van der Waals surface area contributed by atoms with Crippen LogP contribution in [-0.4, -0.2) is 17.4 Å². The Bertz CT molecular complexity index is 759. The number of hydrogen-bond donors (Lipinski definition) is 2. The third-order valence-electron chi connectivity index (χ3n) is 2.95. The number of anilines is 2. The number of nitrogens with one attached hydrogen (secondary N) is 1. The molecule has 0 aromatic heterocycles. The van der Waals surface area contributed by atoms with Gasteiger partial charge in [0, 0.05) is 23.4 Å². The molecule has 0 radical (unpaired) electrons. The van der Waals surface area contributed by atoms with Crippen molar-refractivity contribution in [3.63, 3.8) is 0 Å². The number of nitrogens with two attached hydrogens (primary N) is 1. The van der Waals surface area contributed by atoms with E-state index < -0.39 is 10.8 Å². The maximum absolute atomic E-state index is 12.2. The number of nitrogens with zero attached hydrogens (tertiary/aromatic N) is 1. The largest absolute Gasteiger partial charge is 0.489 e. The molecular weight excluding hydrogens is 298 g/mol. The molecular formula is C16H15N3O4. The number of hydrogen-bond acceptors (Lipinski definition) is 5. The Balaban J connectivity index is 2.17. The Morgan fingerprint density at radius 3 is 2.83 bits per heavy atom. The minimum absolute atomic E-state index is 0.00590. The SMILES string of the molecule is C=CCOc1cccc(NC(=O)c2ccc(N)c([N+](=O)[O-])c2)c1. The highest BCUT2D eigenvalue weighted by Crippen LogP contribution is 2.23. The van der Waals surface area contributed by atoms with Gasteiger partial charge in [0.1, 0.15) is 18.0 Å². The molecule has 0 saturated heterocycles. The van der Waals surface area contributed by atoms with Gasteiger partial charge in [-0.15, -0.1) is 0 Å². The van der Waals surface area contributed by atoms with Crippen molar-refractivity contribution in [2.75, 3.05) is 17.7 Å². The minimum atomic E-state index is -0.629. The molecule has 0 atom stereocenters. The van der Waals surface area contributed by atoms with Gasteiger partial charge in [-0.25, -0.2) is 0 Å². The van der Waals surface area contributed by atoms with Crippen molar-refractivity contribution in [1.29, 1.82) is 0 Å². The van der Waals surface area contributed by atoms with E-state index in [0.717, 1.165) is 6.07 Å². The Hall–Kier alpha value is -3.35. The number of rotatable bonds is 6. The number of benzene rings is 2. The first-order chi connectivity index (χ1) is 11.0. The lowest BCUT2D eigenvalue weighted by Gasteiger charge is -2.08. The summed E-state index contributed by atoms with van der Waals surface area (Å²) < 4.78 is 5.37. The Labute approximate surface area is 132 Å². The summed E-state index contributed by atoms with van der Waals surface area (Å²) in [5.41, 5.74) is 5.86. The van der Waals surface area contributed by atoms with Crippen molar-refractivity contribution in [3.05, 3.63) is 70.8 Å². The first-order valence-corrected chi connectivity index (χ1v) is 6.70. The first kappa shape index (κ1) is 16.0. The second kappa shape index (κ2) is 7.08. The molecule has 0 aliphatic carbocycles. The second-order valence-corrected chi connectivity index (χ2v) is 4.61. The summed E-state index contributed by atoms with van der Waals surface area (Å²) in [7, 11) is 0. The molecule has 0 spiro atoms. The topological polar surface area (TPSA) is 107 Å². The van der Waals surface area contributed by atoms with E-state index in [0.29, 0.717) is 18.0 Å². The molecule has 0 heterocycles. The number of carbonyl (C=O) groups excluding carboxylic acids is 1. The summed E-state index contributed by atoms with van der Waals surface area (Å²) in [6, 6.07) is 10.7. The van der Waals surface area contributed by atoms with Gasteiger partial charge in [-0.3, -0.25) is 14.9 Å². The smallest absolute Gasteiger partial charge is 0.292 e. The van der Waals surface area contributed by atoms with Gasteiger partial charge in [0.05, 0.1) is 4.92 Å². The van der Waals surface area contributed by atoms with E-state index >= 15 is 0 Å². The lowest BCUT2D eigenvalue weighted by Crippen LogP contribution is -2.12.